The van der Waals surface area contributed by atoms with Gasteiger partial charge in [-0.25, -0.2) is 0 Å². The van der Waals surface area contributed by atoms with Crippen molar-refractivity contribution in [2.45, 2.75) is 52.5 Å². The van der Waals surface area contributed by atoms with Crippen LogP contribution in [0.4, 0.5) is 0 Å². The SMILES string of the molecule is CCCCCC(NCC)c1ccc(C)c(OC)c1. The summed E-state index contributed by atoms with van der Waals surface area (Å²) >= 11 is 0. The normalized spacial score (nSPS) is 12.4. The van der Waals surface area contributed by atoms with Gasteiger partial charge in [0, 0.05) is 6.04 Å². The molecule has 1 rings (SSSR count). The molecule has 0 bridgehead atoms. The minimum absolute atomic E-state index is 0.455. The summed E-state index contributed by atoms with van der Waals surface area (Å²) < 4.78 is 5.41. The third kappa shape index (κ3) is 4.34. The molecule has 0 amide bonds. The zero-order chi connectivity index (χ0) is 13.4. The lowest BCUT2D eigenvalue weighted by molar-refractivity contribution is 0.409. The first-order valence-corrected chi connectivity index (χ1v) is 7.10. The number of unbranched alkanes of at least 4 members (excludes halogenated alkanes) is 2. The Labute approximate surface area is 112 Å². The van der Waals surface area contributed by atoms with Gasteiger partial charge in [0.15, 0.2) is 0 Å². The third-order valence-electron chi connectivity index (χ3n) is 3.38. The fraction of sp³-hybridized carbons (Fsp3) is 0.625. The molecule has 102 valence electrons. The monoisotopic (exact) mass is 249 g/mol. The van der Waals surface area contributed by atoms with Crippen molar-refractivity contribution in [1.29, 1.82) is 0 Å². The number of nitrogens with one attached hydrogen (secondary N) is 1. The lowest BCUT2D eigenvalue weighted by Crippen LogP contribution is -2.21. The van der Waals surface area contributed by atoms with Crippen LogP contribution in [0.25, 0.3) is 0 Å². The number of rotatable bonds is 8. The molecule has 0 saturated carbocycles. The second kappa shape index (κ2) is 8.15. The number of aryl methyl sites for hydroxylation is 1. The average Bonchev–Trinajstić information content (AvgIpc) is 2.39. The van der Waals surface area contributed by atoms with Crippen LogP contribution in [-0.4, -0.2) is 13.7 Å². The van der Waals surface area contributed by atoms with E-state index >= 15 is 0 Å². The van der Waals surface area contributed by atoms with Gasteiger partial charge in [0.25, 0.3) is 0 Å². The van der Waals surface area contributed by atoms with E-state index in [-0.39, 0.29) is 0 Å². The summed E-state index contributed by atoms with van der Waals surface area (Å²) in [5, 5.41) is 3.57. The van der Waals surface area contributed by atoms with Crippen molar-refractivity contribution in [3.05, 3.63) is 29.3 Å². The molecule has 1 aromatic rings. The smallest absolute Gasteiger partial charge is 0.122 e. The van der Waals surface area contributed by atoms with E-state index < -0.39 is 0 Å². The van der Waals surface area contributed by atoms with Gasteiger partial charge < -0.3 is 10.1 Å². The van der Waals surface area contributed by atoms with E-state index in [0.29, 0.717) is 6.04 Å². The van der Waals surface area contributed by atoms with Crippen LogP contribution < -0.4 is 10.1 Å². The molecule has 0 aliphatic rings. The van der Waals surface area contributed by atoms with Crippen molar-refractivity contribution >= 4 is 0 Å². The van der Waals surface area contributed by atoms with Gasteiger partial charge in [-0.3, -0.25) is 0 Å². The van der Waals surface area contributed by atoms with E-state index in [4.69, 9.17) is 4.74 Å². The lowest BCUT2D eigenvalue weighted by atomic mass is 9.99. The highest BCUT2D eigenvalue weighted by Crippen LogP contribution is 2.26. The first-order valence-electron chi connectivity index (χ1n) is 7.10. The molecule has 0 saturated heterocycles. The summed E-state index contributed by atoms with van der Waals surface area (Å²) in [6.45, 7) is 7.50. The molecule has 0 spiro atoms. The predicted molar refractivity (Wildman–Crippen MR) is 78.3 cm³/mol. The van der Waals surface area contributed by atoms with E-state index in [9.17, 15) is 0 Å². The maximum atomic E-state index is 5.41. The first-order chi connectivity index (χ1) is 8.72. The molecule has 1 aromatic carbocycles. The third-order valence-corrected chi connectivity index (χ3v) is 3.38. The number of methoxy groups -OCH3 is 1. The Hall–Kier alpha value is -1.02. The number of benzene rings is 1. The quantitative estimate of drug-likeness (QED) is 0.696. The van der Waals surface area contributed by atoms with Crippen molar-refractivity contribution in [2.75, 3.05) is 13.7 Å². The summed E-state index contributed by atoms with van der Waals surface area (Å²) in [6.07, 6.45) is 5.07. The van der Waals surface area contributed by atoms with Crippen molar-refractivity contribution in [1.82, 2.24) is 5.32 Å². The molecular weight excluding hydrogens is 222 g/mol. The van der Waals surface area contributed by atoms with Crippen molar-refractivity contribution in [3.8, 4) is 5.75 Å². The molecule has 1 unspecified atom stereocenters. The van der Waals surface area contributed by atoms with E-state index in [2.05, 4.69) is 44.3 Å². The second-order valence-electron chi connectivity index (χ2n) is 4.84. The zero-order valence-electron chi connectivity index (χ0n) is 12.3. The minimum atomic E-state index is 0.455. The molecule has 0 aromatic heterocycles. The molecule has 1 N–H and O–H groups in total. The highest BCUT2D eigenvalue weighted by molar-refractivity contribution is 5.37. The van der Waals surface area contributed by atoms with Crippen LogP contribution in [0.2, 0.25) is 0 Å². The summed E-state index contributed by atoms with van der Waals surface area (Å²) in [6, 6.07) is 7.00. The Morgan fingerprint density at radius 1 is 1.22 bits per heavy atom. The summed E-state index contributed by atoms with van der Waals surface area (Å²) in [5.41, 5.74) is 2.54. The molecule has 0 fully saturated rings. The van der Waals surface area contributed by atoms with Gasteiger partial charge in [-0.1, -0.05) is 45.2 Å². The van der Waals surface area contributed by atoms with Gasteiger partial charge in [-0.15, -0.1) is 0 Å². The standard InChI is InChI=1S/C16H27NO/c1-5-7-8-9-15(17-6-2)14-11-10-13(3)16(12-14)18-4/h10-12,15,17H,5-9H2,1-4H3. The van der Waals surface area contributed by atoms with Gasteiger partial charge >= 0.3 is 0 Å². The van der Waals surface area contributed by atoms with Gasteiger partial charge in [0.05, 0.1) is 7.11 Å². The first kappa shape index (κ1) is 15.0. The molecule has 1 atom stereocenters. The summed E-state index contributed by atoms with van der Waals surface area (Å²) in [4.78, 5) is 0. The lowest BCUT2D eigenvalue weighted by Gasteiger charge is -2.19. The van der Waals surface area contributed by atoms with E-state index in [1.54, 1.807) is 7.11 Å². The molecular formula is C16H27NO. The molecule has 0 aliphatic carbocycles. The Morgan fingerprint density at radius 2 is 2.00 bits per heavy atom. The average molecular weight is 249 g/mol. The van der Waals surface area contributed by atoms with E-state index in [0.717, 1.165) is 12.3 Å². The second-order valence-corrected chi connectivity index (χ2v) is 4.84. The van der Waals surface area contributed by atoms with Crippen LogP contribution >= 0.6 is 0 Å². The van der Waals surface area contributed by atoms with Crippen LogP contribution in [-0.2, 0) is 0 Å². The number of hydrogen-bond donors (Lipinski definition) is 1. The van der Waals surface area contributed by atoms with Crippen LogP contribution in [0.5, 0.6) is 5.75 Å². The van der Waals surface area contributed by atoms with Gasteiger partial charge in [0.1, 0.15) is 5.75 Å². The zero-order valence-corrected chi connectivity index (χ0v) is 12.3. The topological polar surface area (TPSA) is 21.3 Å². The van der Waals surface area contributed by atoms with Gasteiger partial charge in [-0.05, 0) is 37.1 Å². The Balaban J connectivity index is 2.77. The maximum absolute atomic E-state index is 5.41. The molecule has 0 aliphatic heterocycles. The largest absolute Gasteiger partial charge is 0.496 e. The summed E-state index contributed by atoms with van der Waals surface area (Å²) in [5.74, 6) is 0.992. The molecule has 2 nitrogen and oxygen atoms in total. The Morgan fingerprint density at radius 3 is 2.61 bits per heavy atom. The fourth-order valence-electron chi connectivity index (χ4n) is 2.28. The molecule has 2 heteroatoms. The number of ether oxygens (including phenoxy) is 1. The van der Waals surface area contributed by atoms with Crippen LogP contribution in [0.3, 0.4) is 0 Å². The molecule has 18 heavy (non-hydrogen) atoms. The molecule has 0 radical (unpaired) electrons. The Bertz CT molecular complexity index is 349. The van der Waals surface area contributed by atoms with Crippen LogP contribution in [0.1, 0.15) is 56.7 Å². The molecule has 0 heterocycles. The van der Waals surface area contributed by atoms with Gasteiger partial charge in [0.2, 0.25) is 0 Å². The highest BCUT2D eigenvalue weighted by atomic mass is 16.5. The van der Waals surface area contributed by atoms with Crippen molar-refractivity contribution < 1.29 is 4.74 Å². The van der Waals surface area contributed by atoms with Crippen molar-refractivity contribution in [3.63, 3.8) is 0 Å². The van der Waals surface area contributed by atoms with E-state index in [1.165, 1.54) is 36.8 Å². The minimum Gasteiger partial charge on any atom is -0.496 e. The predicted octanol–water partition coefficient (Wildman–Crippen LogP) is 4.23. The van der Waals surface area contributed by atoms with E-state index in [1.807, 2.05) is 0 Å². The summed E-state index contributed by atoms with van der Waals surface area (Å²) in [7, 11) is 1.74. The highest BCUT2D eigenvalue weighted by Gasteiger charge is 2.11. The Kier molecular flexibility index (Phi) is 6.81. The maximum Gasteiger partial charge on any atom is 0.122 e. The fourth-order valence-corrected chi connectivity index (χ4v) is 2.28. The van der Waals surface area contributed by atoms with Gasteiger partial charge in [-0.2, -0.15) is 0 Å². The van der Waals surface area contributed by atoms with Crippen LogP contribution in [0, 0.1) is 6.92 Å². The van der Waals surface area contributed by atoms with Crippen molar-refractivity contribution in [2.24, 2.45) is 0 Å². The number of hydrogen-bond acceptors (Lipinski definition) is 2. The van der Waals surface area contributed by atoms with Crippen LogP contribution in [0.15, 0.2) is 18.2 Å².